The molecule has 0 fully saturated rings. The first kappa shape index (κ1) is 10.9. The number of nitrogens with two attached hydrogens (primary N) is 1. The number of hydrogen-bond acceptors (Lipinski definition) is 3. The van der Waals surface area contributed by atoms with Gasteiger partial charge < -0.3 is 11.1 Å². The van der Waals surface area contributed by atoms with Crippen molar-refractivity contribution in [3.63, 3.8) is 0 Å². The molecule has 0 radical (unpaired) electrons. The van der Waals surface area contributed by atoms with E-state index in [9.17, 15) is 14.4 Å². The SMILES string of the molecule is NC(=O)CC#Cc1cccc2c1NC(=O)C2=O. The van der Waals surface area contributed by atoms with Crippen LogP contribution in [0.4, 0.5) is 5.69 Å². The predicted octanol–water partition coefficient (Wildman–Crippen LogP) is 0.0483. The standard InChI is InChI=1S/C12H8N2O3/c13-9(15)6-2-4-7-3-1-5-8-10(7)14-12(17)11(8)16/h1,3,5H,6H2,(H2,13,15)(H,14,16,17). The first-order valence-corrected chi connectivity index (χ1v) is 4.85. The lowest BCUT2D eigenvalue weighted by Gasteiger charge is -1.99. The van der Waals surface area contributed by atoms with E-state index in [0.717, 1.165) is 0 Å². The molecule has 1 aromatic rings. The third-order valence-corrected chi connectivity index (χ3v) is 2.24. The molecular weight excluding hydrogens is 220 g/mol. The fraction of sp³-hybridized carbons (Fsp3) is 0.0833. The van der Waals surface area contributed by atoms with Gasteiger partial charge >= 0.3 is 0 Å². The summed E-state index contributed by atoms with van der Waals surface area (Å²) in [6.45, 7) is 0. The van der Waals surface area contributed by atoms with Crippen LogP contribution in [0.15, 0.2) is 18.2 Å². The van der Waals surface area contributed by atoms with Crippen molar-refractivity contribution in [2.45, 2.75) is 6.42 Å². The fourth-order valence-electron chi connectivity index (χ4n) is 1.50. The molecule has 0 atom stereocenters. The number of fused-ring (bicyclic) bond motifs is 1. The van der Waals surface area contributed by atoms with Crippen LogP contribution in [0.3, 0.4) is 0 Å². The zero-order valence-corrected chi connectivity index (χ0v) is 8.74. The third-order valence-electron chi connectivity index (χ3n) is 2.24. The zero-order valence-electron chi connectivity index (χ0n) is 8.74. The molecule has 0 bridgehead atoms. The van der Waals surface area contributed by atoms with Gasteiger partial charge in [0.05, 0.1) is 17.7 Å². The lowest BCUT2D eigenvalue weighted by atomic mass is 10.1. The maximum Gasteiger partial charge on any atom is 0.296 e. The number of anilines is 1. The van der Waals surface area contributed by atoms with Crippen molar-refractivity contribution in [2.75, 3.05) is 5.32 Å². The molecular formula is C12H8N2O3. The molecule has 0 saturated heterocycles. The Bertz CT molecular complexity index is 594. The average Bonchev–Trinajstić information content (AvgIpc) is 2.56. The molecule has 3 N–H and O–H groups in total. The van der Waals surface area contributed by atoms with E-state index in [1.807, 2.05) is 0 Å². The lowest BCUT2D eigenvalue weighted by molar-refractivity contribution is -0.117. The van der Waals surface area contributed by atoms with E-state index < -0.39 is 17.6 Å². The highest BCUT2D eigenvalue weighted by atomic mass is 16.2. The molecule has 17 heavy (non-hydrogen) atoms. The van der Waals surface area contributed by atoms with Gasteiger partial charge in [0.25, 0.3) is 11.7 Å². The summed E-state index contributed by atoms with van der Waals surface area (Å²) < 4.78 is 0. The molecule has 0 spiro atoms. The second kappa shape index (κ2) is 4.10. The number of rotatable bonds is 1. The molecule has 1 aromatic carbocycles. The summed E-state index contributed by atoms with van der Waals surface area (Å²) in [4.78, 5) is 33.1. The highest BCUT2D eigenvalue weighted by Crippen LogP contribution is 2.26. The van der Waals surface area contributed by atoms with E-state index in [1.54, 1.807) is 18.2 Å². The summed E-state index contributed by atoms with van der Waals surface area (Å²) in [6.07, 6.45) is -0.0639. The van der Waals surface area contributed by atoms with Crippen molar-refractivity contribution in [3.05, 3.63) is 29.3 Å². The quantitative estimate of drug-likeness (QED) is 0.525. The van der Waals surface area contributed by atoms with Crippen molar-refractivity contribution >= 4 is 23.3 Å². The van der Waals surface area contributed by atoms with Gasteiger partial charge in [0.1, 0.15) is 0 Å². The van der Waals surface area contributed by atoms with Crippen LogP contribution < -0.4 is 11.1 Å². The molecule has 84 valence electrons. The first-order chi connectivity index (χ1) is 8.09. The van der Waals surface area contributed by atoms with E-state index in [-0.39, 0.29) is 6.42 Å². The molecule has 0 saturated carbocycles. The van der Waals surface area contributed by atoms with Crippen LogP contribution in [-0.2, 0) is 9.59 Å². The summed E-state index contributed by atoms with van der Waals surface area (Å²) in [5.74, 6) is 3.52. The highest BCUT2D eigenvalue weighted by molar-refractivity contribution is 6.51. The van der Waals surface area contributed by atoms with E-state index in [1.165, 1.54) is 0 Å². The third kappa shape index (κ3) is 2.01. The summed E-state index contributed by atoms with van der Waals surface area (Å²) >= 11 is 0. The molecule has 5 heteroatoms. The lowest BCUT2D eigenvalue weighted by Crippen LogP contribution is -2.12. The Labute approximate surface area is 97.0 Å². The second-order valence-electron chi connectivity index (χ2n) is 3.46. The van der Waals surface area contributed by atoms with E-state index in [0.29, 0.717) is 16.8 Å². The van der Waals surface area contributed by atoms with Gasteiger partial charge in [0.2, 0.25) is 5.91 Å². The molecule has 2 amide bonds. The molecule has 5 nitrogen and oxygen atoms in total. The molecule has 1 aliphatic heterocycles. The summed E-state index contributed by atoms with van der Waals surface area (Å²) in [7, 11) is 0. The van der Waals surface area contributed by atoms with Gasteiger partial charge in [-0.15, -0.1) is 0 Å². The predicted molar refractivity (Wildman–Crippen MR) is 60.1 cm³/mol. The Hall–Kier alpha value is -2.61. The van der Waals surface area contributed by atoms with Crippen LogP contribution in [0.2, 0.25) is 0 Å². The fourth-order valence-corrected chi connectivity index (χ4v) is 1.50. The Morgan fingerprint density at radius 1 is 1.35 bits per heavy atom. The van der Waals surface area contributed by atoms with Crippen LogP contribution in [0.5, 0.6) is 0 Å². The molecule has 1 aliphatic rings. The number of carbonyl (C=O) groups excluding carboxylic acids is 3. The normalized spacial score (nSPS) is 12.5. The van der Waals surface area contributed by atoms with Crippen LogP contribution in [0.1, 0.15) is 22.3 Å². The first-order valence-electron chi connectivity index (χ1n) is 4.85. The summed E-state index contributed by atoms with van der Waals surface area (Å²) in [6, 6.07) is 4.84. The van der Waals surface area contributed by atoms with Crippen molar-refractivity contribution in [1.82, 2.24) is 0 Å². The largest absolute Gasteiger partial charge is 0.369 e. The number of ketones is 1. The zero-order chi connectivity index (χ0) is 12.4. The van der Waals surface area contributed by atoms with Gasteiger partial charge in [-0.25, -0.2) is 0 Å². The smallest absolute Gasteiger partial charge is 0.296 e. The minimum Gasteiger partial charge on any atom is -0.369 e. The summed E-state index contributed by atoms with van der Waals surface area (Å²) in [5.41, 5.74) is 6.16. The number of benzene rings is 1. The van der Waals surface area contributed by atoms with Gasteiger partial charge in [0.15, 0.2) is 0 Å². The van der Waals surface area contributed by atoms with Crippen LogP contribution in [-0.4, -0.2) is 17.6 Å². The van der Waals surface area contributed by atoms with Gasteiger partial charge in [-0.05, 0) is 12.1 Å². The van der Waals surface area contributed by atoms with E-state index >= 15 is 0 Å². The topological polar surface area (TPSA) is 89.3 Å². The highest BCUT2D eigenvalue weighted by Gasteiger charge is 2.29. The van der Waals surface area contributed by atoms with Crippen molar-refractivity contribution in [2.24, 2.45) is 5.73 Å². The monoisotopic (exact) mass is 228 g/mol. The number of nitrogens with one attached hydrogen (secondary N) is 1. The number of primary amides is 1. The molecule has 0 aliphatic carbocycles. The molecule has 2 rings (SSSR count). The minimum absolute atomic E-state index is 0.0639. The Balaban J connectivity index is 2.38. The van der Waals surface area contributed by atoms with E-state index in [4.69, 9.17) is 5.73 Å². The number of amides is 2. The van der Waals surface area contributed by atoms with Crippen LogP contribution in [0.25, 0.3) is 0 Å². The van der Waals surface area contributed by atoms with Crippen LogP contribution >= 0.6 is 0 Å². The number of Topliss-reactive ketones (excluding diaryl/α,β-unsaturated/α-hetero) is 1. The summed E-state index contributed by atoms with van der Waals surface area (Å²) in [5, 5.41) is 2.45. The number of hydrogen-bond donors (Lipinski definition) is 2. The Kier molecular flexibility index (Phi) is 2.63. The maximum absolute atomic E-state index is 11.4. The van der Waals surface area contributed by atoms with Crippen molar-refractivity contribution < 1.29 is 14.4 Å². The van der Waals surface area contributed by atoms with Gasteiger partial charge in [-0.1, -0.05) is 17.9 Å². The minimum atomic E-state index is -0.663. The molecule has 1 heterocycles. The number of para-hydroxylation sites is 1. The van der Waals surface area contributed by atoms with Gasteiger partial charge in [-0.2, -0.15) is 0 Å². The van der Waals surface area contributed by atoms with Crippen molar-refractivity contribution in [1.29, 1.82) is 0 Å². The van der Waals surface area contributed by atoms with Crippen LogP contribution in [0, 0.1) is 11.8 Å². The Morgan fingerprint density at radius 2 is 2.12 bits per heavy atom. The van der Waals surface area contributed by atoms with Gasteiger partial charge in [-0.3, -0.25) is 14.4 Å². The molecule has 0 unspecified atom stereocenters. The second-order valence-corrected chi connectivity index (χ2v) is 3.46. The Morgan fingerprint density at radius 3 is 2.82 bits per heavy atom. The van der Waals surface area contributed by atoms with E-state index in [2.05, 4.69) is 17.2 Å². The van der Waals surface area contributed by atoms with Crippen molar-refractivity contribution in [3.8, 4) is 11.8 Å². The number of carbonyl (C=O) groups is 3. The molecule has 0 aromatic heterocycles. The van der Waals surface area contributed by atoms with Gasteiger partial charge in [0, 0.05) is 5.56 Å². The maximum atomic E-state index is 11.4. The average molecular weight is 228 g/mol.